The third kappa shape index (κ3) is 1.23. The molecule has 7 nitrogen and oxygen atoms in total. The molecule has 7 heteroatoms. The first kappa shape index (κ1) is 8.70. The van der Waals surface area contributed by atoms with E-state index < -0.39 is 0 Å². The maximum Gasteiger partial charge on any atom is 0.224 e. The lowest BCUT2D eigenvalue weighted by molar-refractivity contribution is 0.908. The summed E-state index contributed by atoms with van der Waals surface area (Å²) in [5.41, 5.74) is 17.9. The lowest BCUT2D eigenvalue weighted by atomic mass is 10.2. The van der Waals surface area contributed by atoms with Gasteiger partial charge in [-0.25, -0.2) is 0 Å². The van der Waals surface area contributed by atoms with Crippen molar-refractivity contribution in [3.63, 3.8) is 0 Å². The van der Waals surface area contributed by atoms with Gasteiger partial charge in [0, 0.05) is 12.1 Å². The molecule has 0 aliphatic rings. The van der Waals surface area contributed by atoms with Gasteiger partial charge in [0.1, 0.15) is 5.82 Å². The van der Waals surface area contributed by atoms with Gasteiger partial charge in [0.05, 0.1) is 5.39 Å². The monoisotopic (exact) mass is 193 g/mol. The van der Waals surface area contributed by atoms with Gasteiger partial charge in [0.25, 0.3) is 0 Å². The summed E-state index contributed by atoms with van der Waals surface area (Å²) in [7, 11) is 0. The number of nitrogens with one attached hydrogen (secondary N) is 1. The van der Waals surface area contributed by atoms with Crippen molar-refractivity contribution in [2.75, 3.05) is 18.0 Å². The van der Waals surface area contributed by atoms with Gasteiger partial charge in [-0.15, -0.1) is 0 Å². The zero-order valence-electron chi connectivity index (χ0n) is 7.49. The highest BCUT2D eigenvalue weighted by atomic mass is 15.2. The Kier molecular flexibility index (Phi) is 1.93. The molecule has 0 aliphatic heterocycles. The number of fused-ring (bicyclic) bond motifs is 1. The van der Waals surface area contributed by atoms with Crippen LogP contribution in [0.3, 0.4) is 0 Å². The molecule has 7 N–H and O–H groups in total. The number of aromatic amines is 1. The Morgan fingerprint density at radius 2 is 2.00 bits per heavy atom. The van der Waals surface area contributed by atoms with Crippen LogP contribution in [0.25, 0.3) is 11.0 Å². The van der Waals surface area contributed by atoms with E-state index >= 15 is 0 Å². The predicted octanol–water partition coefficient (Wildman–Crippen LogP) is -0.982. The molecule has 0 amide bonds. The molecule has 0 saturated carbocycles. The Hall–Kier alpha value is -1.89. The fraction of sp³-hybridized carbons (Fsp3) is 0.286. The van der Waals surface area contributed by atoms with Crippen molar-refractivity contribution in [2.24, 2.45) is 5.73 Å². The standard InChI is InChI=1S/C7H11N7/c8-2-1-3-4-5(9)11-7(10)12-6(4)14-13-3/h1-2,8H2,(H5,9,10,11,12,13,14). The second kappa shape index (κ2) is 3.11. The fourth-order valence-electron chi connectivity index (χ4n) is 1.36. The summed E-state index contributed by atoms with van der Waals surface area (Å²) in [6, 6.07) is 0. The molecule has 0 saturated heterocycles. The van der Waals surface area contributed by atoms with Gasteiger partial charge in [-0.1, -0.05) is 0 Å². The number of nitrogens with zero attached hydrogens (tertiary/aromatic N) is 3. The first-order chi connectivity index (χ1) is 6.72. The van der Waals surface area contributed by atoms with Crippen molar-refractivity contribution in [3.8, 4) is 0 Å². The highest BCUT2D eigenvalue weighted by Gasteiger charge is 2.11. The van der Waals surface area contributed by atoms with Gasteiger partial charge in [-0.05, 0) is 6.54 Å². The largest absolute Gasteiger partial charge is 0.383 e. The number of anilines is 2. The Balaban J connectivity index is 2.66. The number of aromatic nitrogens is 4. The number of rotatable bonds is 2. The molecule has 0 fully saturated rings. The van der Waals surface area contributed by atoms with Crippen LogP contribution in [-0.4, -0.2) is 26.7 Å². The third-order valence-electron chi connectivity index (χ3n) is 1.93. The first-order valence-electron chi connectivity index (χ1n) is 4.18. The van der Waals surface area contributed by atoms with Crippen molar-refractivity contribution in [3.05, 3.63) is 5.69 Å². The van der Waals surface area contributed by atoms with Crippen molar-refractivity contribution in [1.82, 2.24) is 20.2 Å². The summed E-state index contributed by atoms with van der Waals surface area (Å²) in [6.45, 7) is 0.515. The number of hydrogen-bond donors (Lipinski definition) is 4. The molecule has 74 valence electrons. The molecular formula is C7H11N7. The Morgan fingerprint density at radius 1 is 1.21 bits per heavy atom. The van der Waals surface area contributed by atoms with E-state index in [2.05, 4.69) is 20.2 Å². The Morgan fingerprint density at radius 3 is 2.71 bits per heavy atom. The highest BCUT2D eigenvalue weighted by Crippen LogP contribution is 2.20. The molecule has 0 atom stereocenters. The first-order valence-corrected chi connectivity index (χ1v) is 4.18. The van der Waals surface area contributed by atoms with Gasteiger partial charge in [-0.2, -0.15) is 15.1 Å². The minimum absolute atomic E-state index is 0.126. The topological polar surface area (TPSA) is 133 Å². The molecule has 0 unspecified atom stereocenters. The van der Waals surface area contributed by atoms with Crippen LogP contribution in [0.1, 0.15) is 5.69 Å². The van der Waals surface area contributed by atoms with Gasteiger partial charge < -0.3 is 17.2 Å². The second-order valence-corrected chi connectivity index (χ2v) is 2.91. The zero-order chi connectivity index (χ0) is 10.1. The van der Waals surface area contributed by atoms with Crippen LogP contribution < -0.4 is 17.2 Å². The van der Waals surface area contributed by atoms with E-state index in [1.807, 2.05) is 0 Å². The van der Waals surface area contributed by atoms with Crippen LogP contribution in [0.4, 0.5) is 11.8 Å². The summed E-state index contributed by atoms with van der Waals surface area (Å²) >= 11 is 0. The molecule has 2 aromatic heterocycles. The van der Waals surface area contributed by atoms with Crippen LogP contribution in [0.5, 0.6) is 0 Å². The Labute approximate surface area is 79.7 Å². The molecule has 2 rings (SSSR count). The van der Waals surface area contributed by atoms with Crippen LogP contribution >= 0.6 is 0 Å². The zero-order valence-corrected chi connectivity index (χ0v) is 7.49. The maximum absolute atomic E-state index is 5.70. The summed E-state index contributed by atoms with van der Waals surface area (Å²) < 4.78 is 0. The van der Waals surface area contributed by atoms with Gasteiger partial charge in [-0.3, -0.25) is 5.10 Å². The molecule has 0 radical (unpaired) electrons. The molecule has 2 aromatic rings. The van der Waals surface area contributed by atoms with Gasteiger partial charge in [0.2, 0.25) is 5.95 Å². The highest BCUT2D eigenvalue weighted by molar-refractivity contribution is 5.88. The number of nitrogen functional groups attached to an aromatic ring is 2. The normalized spacial score (nSPS) is 10.9. The van der Waals surface area contributed by atoms with Crippen LogP contribution in [0.2, 0.25) is 0 Å². The summed E-state index contributed by atoms with van der Waals surface area (Å²) in [5, 5.41) is 7.49. The molecule has 0 bridgehead atoms. The van der Waals surface area contributed by atoms with Crippen molar-refractivity contribution >= 4 is 22.8 Å². The third-order valence-corrected chi connectivity index (χ3v) is 1.93. The van der Waals surface area contributed by atoms with E-state index in [1.165, 1.54) is 0 Å². The quantitative estimate of drug-likeness (QED) is 0.484. The van der Waals surface area contributed by atoms with E-state index in [0.29, 0.717) is 29.8 Å². The SMILES string of the molecule is NCCc1[nH]nc2nc(N)nc(N)c12. The summed E-state index contributed by atoms with van der Waals surface area (Å²) in [5.74, 6) is 0.463. The summed E-state index contributed by atoms with van der Waals surface area (Å²) in [4.78, 5) is 7.80. The number of H-pyrrole nitrogens is 1. The lowest BCUT2D eigenvalue weighted by Crippen LogP contribution is -2.05. The Bertz CT molecular complexity index is 460. The maximum atomic E-state index is 5.70. The molecule has 0 aliphatic carbocycles. The average Bonchev–Trinajstić information content (AvgIpc) is 2.49. The minimum atomic E-state index is 0.126. The van der Waals surface area contributed by atoms with E-state index in [1.54, 1.807) is 0 Å². The minimum Gasteiger partial charge on any atom is -0.383 e. The predicted molar refractivity (Wildman–Crippen MR) is 53.3 cm³/mol. The van der Waals surface area contributed by atoms with Crippen molar-refractivity contribution in [2.45, 2.75) is 6.42 Å². The van der Waals surface area contributed by atoms with Crippen LogP contribution in [-0.2, 0) is 6.42 Å². The lowest BCUT2D eigenvalue weighted by Gasteiger charge is -1.98. The average molecular weight is 193 g/mol. The number of nitrogens with two attached hydrogens (primary N) is 3. The molecule has 14 heavy (non-hydrogen) atoms. The van der Waals surface area contributed by atoms with Gasteiger partial charge >= 0.3 is 0 Å². The second-order valence-electron chi connectivity index (χ2n) is 2.91. The molecule has 0 spiro atoms. The van der Waals surface area contributed by atoms with Crippen molar-refractivity contribution < 1.29 is 0 Å². The molecular weight excluding hydrogens is 182 g/mol. The van der Waals surface area contributed by atoms with E-state index in [4.69, 9.17) is 17.2 Å². The molecule has 2 heterocycles. The fourth-order valence-corrected chi connectivity index (χ4v) is 1.36. The number of hydrogen-bond acceptors (Lipinski definition) is 6. The smallest absolute Gasteiger partial charge is 0.224 e. The van der Waals surface area contributed by atoms with Crippen molar-refractivity contribution in [1.29, 1.82) is 0 Å². The van der Waals surface area contributed by atoms with Crippen LogP contribution in [0.15, 0.2) is 0 Å². The van der Waals surface area contributed by atoms with Gasteiger partial charge in [0.15, 0.2) is 5.65 Å². The van der Waals surface area contributed by atoms with E-state index in [0.717, 1.165) is 5.69 Å². The summed E-state index contributed by atoms with van der Waals surface area (Å²) in [6.07, 6.45) is 0.661. The van der Waals surface area contributed by atoms with E-state index in [-0.39, 0.29) is 5.95 Å². The van der Waals surface area contributed by atoms with E-state index in [9.17, 15) is 0 Å². The molecule has 0 aromatic carbocycles. The van der Waals surface area contributed by atoms with Crippen LogP contribution in [0, 0.1) is 0 Å².